The quantitative estimate of drug-likeness (QED) is 0.459. The molecule has 216 valence electrons. The summed E-state index contributed by atoms with van der Waals surface area (Å²) in [6, 6.07) is -0.189. The van der Waals surface area contributed by atoms with Crippen LogP contribution in [-0.4, -0.2) is 122 Å². The lowest BCUT2D eigenvalue weighted by atomic mass is 10.3. The first-order valence-electron chi connectivity index (χ1n) is 11.0. The number of urea groups is 1. The second kappa shape index (κ2) is 13.8. The van der Waals surface area contributed by atoms with Gasteiger partial charge >= 0.3 is 30.3 Å². The summed E-state index contributed by atoms with van der Waals surface area (Å²) in [5.41, 5.74) is 0. The van der Waals surface area contributed by atoms with Crippen molar-refractivity contribution in [3.8, 4) is 0 Å². The fraction of sp³-hybridized carbons (Fsp3) is 0.684. The highest BCUT2D eigenvalue weighted by atomic mass is 19.4. The summed E-state index contributed by atoms with van der Waals surface area (Å²) in [6.07, 6.45) is -7.94. The predicted molar refractivity (Wildman–Crippen MR) is 116 cm³/mol. The maximum Gasteiger partial charge on any atom is 0.490 e. The standard InChI is InChI=1S/C15H25N7O2.2C2HF3O2/c1-12-16-14(18-19(12)2)17-15(24)22-9-7-20(8-10-22)11-13(23)21-5-3-4-6-21;2*3-2(4,5)1(6)7/h3-11H2,1-2H3,(H,17,18,24);2*(H,6,7). The number of aliphatic carboxylic acids is 2. The summed E-state index contributed by atoms with van der Waals surface area (Å²) in [5, 5.41) is 21.1. The highest BCUT2D eigenvalue weighted by molar-refractivity contribution is 5.87. The van der Waals surface area contributed by atoms with Crippen molar-refractivity contribution in [3.63, 3.8) is 0 Å². The average molecular weight is 563 g/mol. The topological polar surface area (TPSA) is 161 Å². The number of aryl methyl sites for hydroxylation is 2. The second-order valence-corrected chi connectivity index (χ2v) is 7.99. The van der Waals surface area contributed by atoms with E-state index in [2.05, 4.69) is 20.3 Å². The Balaban J connectivity index is 0.000000426. The molecule has 19 heteroatoms. The van der Waals surface area contributed by atoms with Crippen molar-refractivity contribution in [3.05, 3.63) is 5.82 Å². The van der Waals surface area contributed by atoms with E-state index in [9.17, 15) is 35.9 Å². The van der Waals surface area contributed by atoms with Crippen LogP contribution in [-0.2, 0) is 21.4 Å². The van der Waals surface area contributed by atoms with Crippen molar-refractivity contribution in [1.82, 2.24) is 29.5 Å². The number of carboxylic acid groups (broad SMARTS) is 2. The van der Waals surface area contributed by atoms with Crippen LogP contribution in [0.4, 0.5) is 37.1 Å². The number of alkyl halides is 6. The molecule has 2 saturated heterocycles. The van der Waals surface area contributed by atoms with Crippen LogP contribution >= 0.6 is 0 Å². The van der Waals surface area contributed by atoms with E-state index in [1.165, 1.54) is 0 Å². The first-order chi connectivity index (χ1) is 17.4. The number of rotatable bonds is 3. The maximum absolute atomic E-state index is 12.3. The van der Waals surface area contributed by atoms with E-state index in [1.54, 1.807) is 16.6 Å². The fourth-order valence-corrected chi connectivity index (χ4v) is 3.06. The van der Waals surface area contributed by atoms with E-state index in [0.29, 0.717) is 38.7 Å². The van der Waals surface area contributed by atoms with Crippen molar-refractivity contribution in [2.45, 2.75) is 32.1 Å². The van der Waals surface area contributed by atoms with E-state index >= 15 is 0 Å². The normalized spacial score (nSPS) is 16.1. The number of nitrogens with one attached hydrogen (secondary N) is 1. The van der Waals surface area contributed by atoms with Gasteiger partial charge in [-0.15, -0.1) is 5.10 Å². The molecule has 3 N–H and O–H groups in total. The van der Waals surface area contributed by atoms with Gasteiger partial charge in [0.2, 0.25) is 11.9 Å². The molecular weight excluding hydrogens is 536 g/mol. The summed E-state index contributed by atoms with van der Waals surface area (Å²) < 4.78 is 65.1. The number of amides is 3. The lowest BCUT2D eigenvalue weighted by Gasteiger charge is -2.34. The summed E-state index contributed by atoms with van der Waals surface area (Å²) in [7, 11) is 1.79. The minimum atomic E-state index is -5.08. The summed E-state index contributed by atoms with van der Waals surface area (Å²) in [5.74, 6) is -4.24. The number of nitrogens with zero attached hydrogens (tertiary/aromatic N) is 6. The minimum absolute atomic E-state index is 0.189. The van der Waals surface area contributed by atoms with E-state index in [0.717, 1.165) is 31.8 Å². The third-order valence-electron chi connectivity index (χ3n) is 5.16. The molecule has 3 heterocycles. The lowest BCUT2D eigenvalue weighted by molar-refractivity contribution is -0.193. The molecule has 2 fully saturated rings. The third kappa shape index (κ3) is 11.2. The van der Waals surface area contributed by atoms with Crippen molar-refractivity contribution in [2.75, 3.05) is 51.1 Å². The van der Waals surface area contributed by atoms with E-state index in [1.807, 2.05) is 11.8 Å². The molecule has 13 nitrogen and oxygen atoms in total. The van der Waals surface area contributed by atoms with Crippen LogP contribution in [0.5, 0.6) is 0 Å². The number of hydrogen-bond acceptors (Lipinski definition) is 7. The molecule has 2 aliphatic heterocycles. The Morgan fingerprint density at radius 3 is 1.66 bits per heavy atom. The van der Waals surface area contributed by atoms with Gasteiger partial charge in [-0.2, -0.15) is 31.3 Å². The van der Waals surface area contributed by atoms with Gasteiger partial charge in [0.25, 0.3) is 0 Å². The number of carbonyl (C=O) groups is 4. The molecule has 0 radical (unpaired) electrons. The van der Waals surface area contributed by atoms with Crippen LogP contribution < -0.4 is 5.32 Å². The Labute approximate surface area is 212 Å². The van der Waals surface area contributed by atoms with Gasteiger partial charge in [0.15, 0.2) is 0 Å². The molecular formula is C19H27F6N7O6. The summed E-state index contributed by atoms with van der Waals surface area (Å²) in [4.78, 5) is 52.2. The van der Waals surface area contributed by atoms with Gasteiger partial charge in [0.1, 0.15) is 5.82 Å². The molecule has 0 bridgehead atoms. The molecule has 0 aromatic carbocycles. The SMILES string of the molecule is Cc1nc(NC(=O)N2CCN(CC(=O)N3CCCC3)CC2)nn1C.O=C(O)C(F)(F)F.O=C(O)C(F)(F)F. The van der Waals surface area contributed by atoms with E-state index in [-0.39, 0.29) is 11.9 Å². The second-order valence-electron chi connectivity index (χ2n) is 7.99. The fourth-order valence-electron chi connectivity index (χ4n) is 3.06. The highest BCUT2D eigenvalue weighted by Gasteiger charge is 2.38. The third-order valence-corrected chi connectivity index (χ3v) is 5.16. The smallest absolute Gasteiger partial charge is 0.475 e. The number of carboxylic acids is 2. The number of halogens is 6. The van der Waals surface area contributed by atoms with Crippen LogP contribution in [0.25, 0.3) is 0 Å². The van der Waals surface area contributed by atoms with E-state index in [4.69, 9.17) is 19.8 Å². The minimum Gasteiger partial charge on any atom is -0.475 e. The molecule has 3 rings (SSSR count). The lowest BCUT2D eigenvalue weighted by Crippen LogP contribution is -2.52. The molecule has 0 saturated carbocycles. The number of piperazine rings is 1. The van der Waals surface area contributed by atoms with Crippen molar-refractivity contribution in [1.29, 1.82) is 0 Å². The Morgan fingerprint density at radius 1 is 0.842 bits per heavy atom. The van der Waals surface area contributed by atoms with Crippen molar-refractivity contribution >= 4 is 29.8 Å². The largest absolute Gasteiger partial charge is 0.490 e. The maximum atomic E-state index is 12.3. The predicted octanol–water partition coefficient (Wildman–Crippen LogP) is 1.16. The molecule has 1 aromatic rings. The number of anilines is 1. The van der Waals surface area contributed by atoms with Crippen LogP contribution in [0.1, 0.15) is 18.7 Å². The molecule has 38 heavy (non-hydrogen) atoms. The molecule has 1 aromatic heterocycles. The van der Waals surface area contributed by atoms with Gasteiger partial charge in [-0.1, -0.05) is 0 Å². The van der Waals surface area contributed by atoms with E-state index < -0.39 is 24.3 Å². The van der Waals surface area contributed by atoms with Crippen LogP contribution in [0.2, 0.25) is 0 Å². The number of aromatic nitrogens is 3. The molecule has 3 amide bonds. The summed E-state index contributed by atoms with van der Waals surface area (Å²) in [6.45, 7) is 6.68. The van der Waals surface area contributed by atoms with Gasteiger partial charge in [0.05, 0.1) is 6.54 Å². The van der Waals surface area contributed by atoms with Crippen LogP contribution in [0.3, 0.4) is 0 Å². The molecule has 0 spiro atoms. The first kappa shape index (κ1) is 32.4. The highest BCUT2D eigenvalue weighted by Crippen LogP contribution is 2.14. The number of hydrogen-bond donors (Lipinski definition) is 3. The van der Waals surface area contributed by atoms with Crippen molar-refractivity contribution < 1.29 is 55.7 Å². The molecule has 0 atom stereocenters. The zero-order valence-electron chi connectivity index (χ0n) is 20.3. The van der Waals surface area contributed by atoms with Crippen LogP contribution in [0, 0.1) is 6.92 Å². The molecule has 0 unspecified atom stereocenters. The first-order valence-corrected chi connectivity index (χ1v) is 11.0. The monoisotopic (exact) mass is 563 g/mol. The van der Waals surface area contributed by atoms with Gasteiger partial charge in [-0.25, -0.2) is 14.4 Å². The number of likely N-dealkylation sites (tertiary alicyclic amines) is 1. The van der Waals surface area contributed by atoms with Gasteiger partial charge in [-0.3, -0.25) is 19.7 Å². The Hall–Kier alpha value is -3.64. The average Bonchev–Trinajstić information content (AvgIpc) is 3.44. The van der Waals surface area contributed by atoms with Gasteiger partial charge in [0, 0.05) is 46.3 Å². The van der Waals surface area contributed by atoms with Crippen LogP contribution in [0.15, 0.2) is 0 Å². The summed E-state index contributed by atoms with van der Waals surface area (Å²) >= 11 is 0. The molecule has 2 aliphatic rings. The van der Waals surface area contributed by atoms with Gasteiger partial charge < -0.3 is 20.0 Å². The Kier molecular flexibility index (Phi) is 11.7. The van der Waals surface area contributed by atoms with Gasteiger partial charge in [-0.05, 0) is 19.8 Å². The Morgan fingerprint density at radius 2 is 1.29 bits per heavy atom. The number of carbonyl (C=O) groups excluding carboxylic acids is 2. The Bertz CT molecular complexity index is 927. The zero-order chi connectivity index (χ0) is 29.3. The zero-order valence-corrected chi connectivity index (χ0v) is 20.3. The molecule has 0 aliphatic carbocycles. The van der Waals surface area contributed by atoms with Crippen molar-refractivity contribution in [2.24, 2.45) is 7.05 Å².